The first-order chi connectivity index (χ1) is 5.57. The van der Waals surface area contributed by atoms with E-state index < -0.39 is 18.0 Å². The first-order valence-electron chi connectivity index (χ1n) is 3.29. The molecular weight excluding hydrogens is 201 g/mol. The maximum atomic E-state index is 10.5. The van der Waals surface area contributed by atoms with Gasteiger partial charge < -0.3 is 20.0 Å². The molecule has 0 spiro atoms. The Morgan fingerprint density at radius 3 is 2.46 bits per heavy atom. The number of carboxylic acid groups (broad SMARTS) is 1. The van der Waals surface area contributed by atoms with E-state index in [0.29, 0.717) is 0 Å². The minimum absolute atomic E-state index is 0. The number of carbonyl (C=O) groups excluding carboxylic acids is 2. The second-order valence-electron chi connectivity index (χ2n) is 2.06. The molecule has 0 aliphatic heterocycles. The summed E-state index contributed by atoms with van der Waals surface area (Å²) in [6.07, 6.45) is 2.28. The molecule has 0 radical (unpaired) electrons. The van der Waals surface area contributed by atoms with E-state index >= 15 is 0 Å². The minimum atomic E-state index is -1.23. The number of hydrogen-bond acceptors (Lipinski definition) is 5. The third kappa shape index (κ3) is 8.45. The summed E-state index contributed by atoms with van der Waals surface area (Å²) < 4.78 is 4.26. The van der Waals surface area contributed by atoms with Crippen LogP contribution in [0.2, 0.25) is 0 Å². The molecule has 0 aliphatic carbocycles. The smallest absolute Gasteiger partial charge is 0.548 e. The predicted octanol–water partition coefficient (Wildman–Crippen LogP) is -4.59. The van der Waals surface area contributed by atoms with Gasteiger partial charge in [0.1, 0.15) is 0 Å². The van der Waals surface area contributed by atoms with Crippen LogP contribution in [0.4, 0.5) is 0 Å². The van der Waals surface area contributed by atoms with Gasteiger partial charge in [-0.05, 0) is 6.92 Å². The van der Waals surface area contributed by atoms with Crippen molar-refractivity contribution in [2.45, 2.75) is 13.0 Å². The molecule has 0 aromatic rings. The van der Waals surface area contributed by atoms with Crippen LogP contribution in [-0.2, 0) is 14.3 Å². The molecule has 0 saturated carbocycles. The molecule has 68 valence electrons. The Morgan fingerprint density at radius 1 is 1.54 bits per heavy atom. The molecule has 0 aromatic heterocycles. The Balaban J connectivity index is 0. The minimum Gasteiger partial charge on any atom is -0.548 e. The van der Waals surface area contributed by atoms with E-state index in [1.165, 1.54) is 20.2 Å². The molecule has 0 amide bonds. The van der Waals surface area contributed by atoms with Crippen LogP contribution in [-0.4, -0.2) is 25.1 Å². The van der Waals surface area contributed by atoms with E-state index in [1.807, 2.05) is 0 Å². The number of esters is 1. The summed E-state index contributed by atoms with van der Waals surface area (Å²) in [5, 5.41) is 12.5. The van der Waals surface area contributed by atoms with Crippen LogP contribution >= 0.6 is 0 Å². The molecule has 1 atom stereocenters. The standard InChI is InChI=1S/C7H11NO4.K/c1-5(7(10)11)8-4-3-6(9)12-2;/h3-5,8H,1-2H3,(H,10,11);/q;+1/p-1. The van der Waals surface area contributed by atoms with Gasteiger partial charge in [0.2, 0.25) is 0 Å². The van der Waals surface area contributed by atoms with Crippen molar-refractivity contribution in [1.82, 2.24) is 5.32 Å². The molecule has 0 saturated heterocycles. The Labute approximate surface area is 119 Å². The molecule has 0 rings (SSSR count). The Kier molecular flexibility index (Phi) is 10.4. The summed E-state index contributed by atoms with van der Waals surface area (Å²) in [6, 6.07) is -0.828. The van der Waals surface area contributed by atoms with Gasteiger partial charge in [-0.2, -0.15) is 0 Å². The zero-order chi connectivity index (χ0) is 9.56. The van der Waals surface area contributed by atoms with Crippen molar-refractivity contribution in [3.05, 3.63) is 12.3 Å². The van der Waals surface area contributed by atoms with Gasteiger partial charge in [0.25, 0.3) is 0 Å². The van der Waals surface area contributed by atoms with Gasteiger partial charge in [-0.25, -0.2) is 4.79 Å². The molecule has 0 aromatic carbocycles. The molecule has 6 heteroatoms. The molecule has 0 aliphatic rings. The molecular formula is C7H10KNO4. The second-order valence-corrected chi connectivity index (χ2v) is 2.06. The Hall–Kier alpha value is 0.116. The molecule has 1 unspecified atom stereocenters. The van der Waals surface area contributed by atoms with Crippen molar-refractivity contribution in [3.63, 3.8) is 0 Å². The SMILES string of the molecule is COC(=O)C=CNC(C)C(=O)[O-].[K+]. The molecule has 0 bridgehead atoms. The molecule has 0 fully saturated rings. The zero-order valence-electron chi connectivity index (χ0n) is 7.87. The van der Waals surface area contributed by atoms with E-state index in [0.717, 1.165) is 6.08 Å². The number of rotatable bonds is 4. The number of nitrogens with one attached hydrogen (secondary N) is 1. The van der Waals surface area contributed by atoms with Gasteiger partial charge in [-0.3, -0.25) is 0 Å². The summed E-state index contributed by atoms with van der Waals surface area (Å²) in [5.74, 6) is -1.78. The maximum Gasteiger partial charge on any atom is 1.00 e. The van der Waals surface area contributed by atoms with Gasteiger partial charge in [0.15, 0.2) is 0 Å². The van der Waals surface area contributed by atoms with Gasteiger partial charge >= 0.3 is 57.4 Å². The summed E-state index contributed by atoms with van der Waals surface area (Å²) in [5.41, 5.74) is 0. The van der Waals surface area contributed by atoms with E-state index in [4.69, 9.17) is 0 Å². The van der Waals surface area contributed by atoms with Crippen LogP contribution < -0.4 is 61.8 Å². The van der Waals surface area contributed by atoms with Crippen molar-refractivity contribution >= 4 is 11.9 Å². The number of aliphatic carboxylic acids is 1. The van der Waals surface area contributed by atoms with Crippen LogP contribution in [0.5, 0.6) is 0 Å². The normalized spacial score (nSPS) is 11.5. The quantitative estimate of drug-likeness (QED) is 0.288. The fourth-order valence-corrected chi connectivity index (χ4v) is 0.397. The summed E-state index contributed by atoms with van der Waals surface area (Å²) in [6.45, 7) is 1.40. The van der Waals surface area contributed by atoms with Crippen molar-refractivity contribution in [2.75, 3.05) is 7.11 Å². The van der Waals surface area contributed by atoms with E-state index in [-0.39, 0.29) is 51.4 Å². The molecule has 5 nitrogen and oxygen atoms in total. The Morgan fingerprint density at radius 2 is 2.08 bits per heavy atom. The number of carboxylic acids is 1. The van der Waals surface area contributed by atoms with Crippen molar-refractivity contribution in [1.29, 1.82) is 0 Å². The van der Waals surface area contributed by atoms with Crippen molar-refractivity contribution in [2.24, 2.45) is 0 Å². The predicted molar refractivity (Wildman–Crippen MR) is 38.8 cm³/mol. The molecule has 0 heterocycles. The average molecular weight is 211 g/mol. The van der Waals surface area contributed by atoms with Crippen LogP contribution in [0.15, 0.2) is 12.3 Å². The first-order valence-corrected chi connectivity index (χ1v) is 3.29. The second kappa shape index (κ2) is 8.70. The summed E-state index contributed by atoms with van der Waals surface area (Å²) in [4.78, 5) is 20.6. The van der Waals surface area contributed by atoms with Crippen molar-refractivity contribution < 1.29 is 70.8 Å². The van der Waals surface area contributed by atoms with Gasteiger partial charge in [0.05, 0.1) is 19.1 Å². The number of carbonyl (C=O) groups is 2. The topological polar surface area (TPSA) is 78.5 Å². The van der Waals surface area contributed by atoms with Crippen LogP contribution in [0, 0.1) is 0 Å². The monoisotopic (exact) mass is 211 g/mol. The van der Waals surface area contributed by atoms with Crippen LogP contribution in [0.3, 0.4) is 0 Å². The average Bonchev–Trinajstić information content (AvgIpc) is 2.03. The van der Waals surface area contributed by atoms with Crippen LogP contribution in [0.1, 0.15) is 6.92 Å². The van der Waals surface area contributed by atoms with Gasteiger partial charge in [-0.1, -0.05) is 0 Å². The third-order valence-corrected chi connectivity index (χ3v) is 1.12. The van der Waals surface area contributed by atoms with E-state index in [2.05, 4.69) is 10.1 Å². The zero-order valence-corrected chi connectivity index (χ0v) is 11.0. The number of ether oxygens (including phenoxy) is 1. The van der Waals surface area contributed by atoms with Gasteiger partial charge in [0, 0.05) is 12.3 Å². The van der Waals surface area contributed by atoms with Gasteiger partial charge in [-0.15, -0.1) is 0 Å². The molecule has 13 heavy (non-hydrogen) atoms. The number of methoxy groups -OCH3 is 1. The fraction of sp³-hybridized carbons (Fsp3) is 0.429. The maximum absolute atomic E-state index is 10.5. The third-order valence-electron chi connectivity index (χ3n) is 1.12. The summed E-state index contributed by atoms with van der Waals surface area (Å²) >= 11 is 0. The largest absolute Gasteiger partial charge is 1.00 e. The Bertz CT molecular complexity index is 205. The summed E-state index contributed by atoms with van der Waals surface area (Å²) in [7, 11) is 1.23. The first kappa shape index (κ1) is 15.6. The molecule has 1 N–H and O–H groups in total. The fourth-order valence-electron chi connectivity index (χ4n) is 0.397. The number of hydrogen-bond donors (Lipinski definition) is 1. The van der Waals surface area contributed by atoms with Crippen molar-refractivity contribution in [3.8, 4) is 0 Å². The van der Waals surface area contributed by atoms with E-state index in [1.54, 1.807) is 0 Å². The van der Waals surface area contributed by atoms with E-state index in [9.17, 15) is 14.7 Å². The van der Waals surface area contributed by atoms with Crippen LogP contribution in [0.25, 0.3) is 0 Å².